The van der Waals surface area contributed by atoms with Crippen LogP contribution >= 0.6 is 12.2 Å². The van der Waals surface area contributed by atoms with Gasteiger partial charge in [0.25, 0.3) is 0 Å². The molecule has 2 saturated heterocycles. The first-order valence-electron chi connectivity index (χ1n) is 12.1. The number of hydrogen-bond donors (Lipinski definition) is 2. The lowest BCUT2D eigenvalue weighted by Gasteiger charge is -2.38. The van der Waals surface area contributed by atoms with Gasteiger partial charge in [-0.1, -0.05) is 12.1 Å². The van der Waals surface area contributed by atoms with Gasteiger partial charge in [0.1, 0.15) is 11.6 Å². The standard InChI is InChI=1S/C26H32F3N3O2S/c1-34-21-4-2-17(3-5-21)18-6-10-31(11-7-18)16-24(33)19-8-12-32(13-9-19)26(35)30-23-15-20(27)14-22(28)25(23)29/h2-5,14-15,18-19,24,33H,6-13,16H2,1H3,(H,30,35). The molecule has 9 heteroatoms. The Morgan fingerprint density at radius 2 is 1.71 bits per heavy atom. The van der Waals surface area contributed by atoms with Crippen molar-refractivity contribution in [1.29, 1.82) is 0 Å². The monoisotopic (exact) mass is 507 g/mol. The average molecular weight is 508 g/mol. The molecule has 190 valence electrons. The fourth-order valence-electron chi connectivity index (χ4n) is 5.07. The van der Waals surface area contributed by atoms with Crippen molar-refractivity contribution in [2.24, 2.45) is 5.92 Å². The van der Waals surface area contributed by atoms with Crippen LogP contribution in [0.5, 0.6) is 5.75 Å². The number of likely N-dealkylation sites (tertiary alicyclic amines) is 2. The van der Waals surface area contributed by atoms with Crippen LogP contribution in [0.3, 0.4) is 0 Å². The Hall–Kier alpha value is -2.36. The first kappa shape index (κ1) is 25.7. The number of thiocarbonyl (C=S) groups is 1. The van der Waals surface area contributed by atoms with Gasteiger partial charge in [0.05, 0.1) is 18.9 Å². The molecule has 2 fully saturated rings. The maximum atomic E-state index is 13.9. The fourth-order valence-corrected chi connectivity index (χ4v) is 5.36. The lowest BCUT2D eigenvalue weighted by atomic mass is 9.88. The quantitative estimate of drug-likeness (QED) is 0.434. The largest absolute Gasteiger partial charge is 0.497 e. The summed E-state index contributed by atoms with van der Waals surface area (Å²) in [6.07, 6.45) is 3.19. The molecular formula is C26H32F3N3O2S. The van der Waals surface area contributed by atoms with Gasteiger partial charge in [0, 0.05) is 31.8 Å². The van der Waals surface area contributed by atoms with E-state index in [2.05, 4.69) is 22.3 Å². The molecule has 2 aliphatic heterocycles. The number of nitrogens with zero attached hydrogens (tertiary/aromatic N) is 2. The summed E-state index contributed by atoms with van der Waals surface area (Å²) in [7, 11) is 1.67. The Balaban J connectivity index is 1.21. The average Bonchev–Trinajstić information content (AvgIpc) is 2.87. The lowest BCUT2D eigenvalue weighted by molar-refractivity contribution is 0.0343. The fraction of sp³-hybridized carbons (Fsp3) is 0.500. The third kappa shape index (κ3) is 6.45. The van der Waals surface area contributed by atoms with Gasteiger partial charge in [0.15, 0.2) is 16.7 Å². The molecule has 5 nitrogen and oxygen atoms in total. The van der Waals surface area contributed by atoms with E-state index in [1.54, 1.807) is 7.11 Å². The van der Waals surface area contributed by atoms with Crippen LogP contribution in [0.1, 0.15) is 37.2 Å². The summed E-state index contributed by atoms with van der Waals surface area (Å²) in [6, 6.07) is 9.68. The molecule has 35 heavy (non-hydrogen) atoms. The smallest absolute Gasteiger partial charge is 0.182 e. The number of nitrogens with one attached hydrogen (secondary N) is 1. The van der Waals surface area contributed by atoms with Crippen molar-refractivity contribution in [3.63, 3.8) is 0 Å². The van der Waals surface area contributed by atoms with E-state index in [1.165, 1.54) is 5.56 Å². The number of hydrogen-bond acceptors (Lipinski definition) is 4. The van der Waals surface area contributed by atoms with Gasteiger partial charge in [-0.2, -0.15) is 0 Å². The summed E-state index contributed by atoms with van der Waals surface area (Å²) < 4.78 is 46.1. The summed E-state index contributed by atoms with van der Waals surface area (Å²) in [5, 5.41) is 13.7. The molecule has 2 heterocycles. The van der Waals surface area contributed by atoms with Crippen molar-refractivity contribution >= 4 is 23.0 Å². The molecular weight excluding hydrogens is 475 g/mol. The number of methoxy groups -OCH3 is 1. The first-order valence-corrected chi connectivity index (χ1v) is 12.5. The van der Waals surface area contributed by atoms with Gasteiger partial charge in [-0.3, -0.25) is 0 Å². The predicted octanol–water partition coefficient (Wildman–Crippen LogP) is 4.76. The highest BCUT2D eigenvalue weighted by Crippen LogP contribution is 2.30. The number of rotatable bonds is 6. The number of aliphatic hydroxyl groups is 1. The first-order chi connectivity index (χ1) is 16.8. The lowest BCUT2D eigenvalue weighted by Crippen LogP contribution is -2.46. The molecule has 2 aromatic rings. The molecule has 0 amide bonds. The van der Waals surface area contributed by atoms with E-state index in [9.17, 15) is 18.3 Å². The minimum Gasteiger partial charge on any atom is -0.497 e. The van der Waals surface area contributed by atoms with Gasteiger partial charge in [-0.25, -0.2) is 13.2 Å². The number of piperidine rings is 2. The second-order valence-electron chi connectivity index (χ2n) is 9.42. The zero-order chi connectivity index (χ0) is 24.9. The van der Waals surface area contributed by atoms with E-state index in [1.807, 2.05) is 17.0 Å². The molecule has 4 rings (SSSR count). The zero-order valence-electron chi connectivity index (χ0n) is 19.9. The molecule has 1 unspecified atom stereocenters. The third-order valence-corrected chi connectivity index (χ3v) is 7.59. The van der Waals surface area contributed by atoms with Gasteiger partial charge in [-0.15, -0.1) is 0 Å². The third-order valence-electron chi connectivity index (χ3n) is 7.23. The van der Waals surface area contributed by atoms with Gasteiger partial charge >= 0.3 is 0 Å². The van der Waals surface area contributed by atoms with Crippen LogP contribution in [0.25, 0.3) is 0 Å². The van der Waals surface area contributed by atoms with Crippen molar-refractivity contribution in [3.05, 3.63) is 59.4 Å². The molecule has 0 saturated carbocycles. The van der Waals surface area contributed by atoms with Crippen molar-refractivity contribution in [3.8, 4) is 5.75 Å². The normalized spacial score (nSPS) is 18.9. The summed E-state index contributed by atoms with van der Waals surface area (Å²) in [4.78, 5) is 4.19. The number of ether oxygens (including phenoxy) is 1. The minimum atomic E-state index is -1.26. The number of halogens is 3. The van der Waals surface area contributed by atoms with E-state index in [4.69, 9.17) is 17.0 Å². The maximum Gasteiger partial charge on any atom is 0.182 e. The van der Waals surface area contributed by atoms with Crippen LogP contribution in [0.4, 0.5) is 18.9 Å². The van der Waals surface area contributed by atoms with Crippen LogP contribution in [-0.2, 0) is 0 Å². The van der Waals surface area contributed by atoms with E-state index in [0.29, 0.717) is 31.6 Å². The Labute approximate surface area is 209 Å². The van der Waals surface area contributed by atoms with Crippen LogP contribution in [0, 0.1) is 23.4 Å². The van der Waals surface area contributed by atoms with Crippen molar-refractivity contribution in [2.45, 2.75) is 37.7 Å². The topological polar surface area (TPSA) is 48.0 Å². The minimum absolute atomic E-state index is 0.150. The van der Waals surface area contributed by atoms with E-state index in [-0.39, 0.29) is 16.7 Å². The van der Waals surface area contributed by atoms with Crippen molar-refractivity contribution in [1.82, 2.24) is 9.80 Å². The van der Waals surface area contributed by atoms with Crippen molar-refractivity contribution in [2.75, 3.05) is 45.2 Å². The highest BCUT2D eigenvalue weighted by atomic mass is 32.1. The van der Waals surface area contributed by atoms with E-state index < -0.39 is 23.6 Å². The van der Waals surface area contributed by atoms with Crippen molar-refractivity contribution < 1.29 is 23.0 Å². The van der Waals surface area contributed by atoms with Crippen LogP contribution in [0.15, 0.2) is 36.4 Å². The molecule has 2 N–H and O–H groups in total. The van der Waals surface area contributed by atoms with Crippen LogP contribution in [0.2, 0.25) is 0 Å². The second kappa shape index (κ2) is 11.6. The molecule has 0 bridgehead atoms. The Kier molecular flexibility index (Phi) is 8.51. The Bertz CT molecular complexity index is 1010. The van der Waals surface area contributed by atoms with Gasteiger partial charge < -0.3 is 25.0 Å². The number of aliphatic hydroxyl groups excluding tert-OH is 1. The second-order valence-corrected chi connectivity index (χ2v) is 9.81. The van der Waals surface area contributed by atoms with Gasteiger partial charge in [0.2, 0.25) is 0 Å². The van der Waals surface area contributed by atoms with Gasteiger partial charge in [-0.05, 0) is 80.5 Å². The van der Waals surface area contributed by atoms with E-state index in [0.717, 1.165) is 50.6 Å². The SMILES string of the molecule is COc1ccc(C2CCN(CC(O)C3CCN(C(=S)Nc4cc(F)cc(F)c4F)CC3)CC2)cc1. The molecule has 0 spiro atoms. The summed E-state index contributed by atoms with van der Waals surface area (Å²) in [6.45, 7) is 3.74. The molecule has 0 aromatic heterocycles. The predicted molar refractivity (Wildman–Crippen MR) is 134 cm³/mol. The molecule has 2 aromatic carbocycles. The summed E-state index contributed by atoms with van der Waals surface area (Å²) in [5.41, 5.74) is 1.02. The zero-order valence-corrected chi connectivity index (χ0v) is 20.7. The summed E-state index contributed by atoms with van der Waals surface area (Å²) >= 11 is 5.33. The van der Waals surface area contributed by atoms with Crippen LogP contribution < -0.4 is 10.1 Å². The highest BCUT2D eigenvalue weighted by molar-refractivity contribution is 7.80. The number of benzene rings is 2. The summed E-state index contributed by atoms with van der Waals surface area (Å²) in [5.74, 6) is -1.74. The molecule has 0 radical (unpaired) electrons. The maximum absolute atomic E-state index is 13.9. The Morgan fingerprint density at radius 1 is 1.06 bits per heavy atom. The van der Waals surface area contributed by atoms with Crippen LogP contribution in [-0.4, -0.2) is 66.0 Å². The number of β-amino-alcohol motifs (C(OH)–C–C–N with tert-alkyl or cyclic N) is 1. The molecule has 1 atom stereocenters. The number of anilines is 1. The van der Waals surface area contributed by atoms with E-state index >= 15 is 0 Å². The molecule has 0 aliphatic carbocycles. The highest BCUT2D eigenvalue weighted by Gasteiger charge is 2.29. The molecule has 2 aliphatic rings. The Morgan fingerprint density at radius 3 is 2.34 bits per heavy atom.